The number of carbonyl (C=O) groups is 1. The third-order valence-electron chi connectivity index (χ3n) is 3.42. The van der Waals surface area contributed by atoms with Gasteiger partial charge in [-0.2, -0.15) is 5.26 Å². The van der Waals surface area contributed by atoms with Crippen LogP contribution in [0.2, 0.25) is 0 Å². The fraction of sp³-hybridized carbons (Fsp3) is 0.333. The van der Waals surface area contributed by atoms with E-state index in [2.05, 4.69) is 31.6 Å². The molecule has 0 spiro atoms. The Hall–Kier alpha value is -2.98. The molecule has 2 aromatic rings. The lowest BCUT2D eigenvalue weighted by molar-refractivity contribution is 0.0947. The number of hydrogen-bond acceptors (Lipinski definition) is 6. The maximum atomic E-state index is 12.3. The smallest absolute Gasteiger partial charge is 0.270 e. The molecule has 7 nitrogen and oxygen atoms in total. The summed E-state index contributed by atoms with van der Waals surface area (Å²) in [7, 11) is 3.99. The summed E-state index contributed by atoms with van der Waals surface area (Å²) in [5.41, 5.74) is 1.70. The molecule has 130 valence electrons. The zero-order chi connectivity index (χ0) is 18.2. The molecule has 7 heteroatoms. The van der Waals surface area contributed by atoms with Crippen LogP contribution in [0.25, 0.3) is 0 Å². The molecule has 1 aromatic heterocycles. The Morgan fingerprint density at radius 1 is 1.24 bits per heavy atom. The van der Waals surface area contributed by atoms with Crippen LogP contribution in [0, 0.1) is 18.3 Å². The number of nitrogens with zero attached hydrogens (tertiary/aromatic N) is 4. The van der Waals surface area contributed by atoms with Gasteiger partial charge in [0.15, 0.2) is 0 Å². The highest BCUT2D eigenvalue weighted by atomic mass is 16.1. The van der Waals surface area contributed by atoms with Crippen molar-refractivity contribution in [2.45, 2.75) is 13.3 Å². The summed E-state index contributed by atoms with van der Waals surface area (Å²) in [6, 6.07) is 10.7. The minimum Gasteiger partial charge on any atom is -0.351 e. The molecule has 2 rings (SSSR count). The van der Waals surface area contributed by atoms with Gasteiger partial charge in [-0.15, -0.1) is 0 Å². The zero-order valence-corrected chi connectivity index (χ0v) is 14.7. The van der Waals surface area contributed by atoms with E-state index in [1.54, 1.807) is 37.3 Å². The third-order valence-corrected chi connectivity index (χ3v) is 3.42. The Bertz CT molecular complexity index is 764. The van der Waals surface area contributed by atoms with Gasteiger partial charge < -0.3 is 15.5 Å². The molecule has 0 bridgehead atoms. The van der Waals surface area contributed by atoms with Crippen LogP contribution in [0.4, 0.5) is 11.5 Å². The number of anilines is 2. The summed E-state index contributed by atoms with van der Waals surface area (Å²) in [5.74, 6) is 0.833. The maximum Gasteiger partial charge on any atom is 0.270 e. The van der Waals surface area contributed by atoms with Crippen molar-refractivity contribution >= 4 is 17.4 Å². The molecule has 0 saturated heterocycles. The first kappa shape index (κ1) is 18.4. The van der Waals surface area contributed by atoms with Crippen LogP contribution in [0.5, 0.6) is 0 Å². The van der Waals surface area contributed by atoms with E-state index in [9.17, 15) is 4.79 Å². The average molecular weight is 338 g/mol. The van der Waals surface area contributed by atoms with Crippen molar-refractivity contribution in [3.05, 3.63) is 47.4 Å². The highest BCUT2D eigenvalue weighted by molar-refractivity contribution is 5.93. The Balaban J connectivity index is 2.03. The normalized spacial score (nSPS) is 10.4. The van der Waals surface area contributed by atoms with Crippen molar-refractivity contribution in [1.82, 2.24) is 20.2 Å². The molecule has 1 heterocycles. The number of hydrogen-bond donors (Lipinski definition) is 2. The molecule has 2 N–H and O–H groups in total. The Labute approximate surface area is 147 Å². The molecule has 0 radical (unpaired) electrons. The molecule has 0 unspecified atom stereocenters. The van der Waals surface area contributed by atoms with E-state index >= 15 is 0 Å². The first-order valence-corrected chi connectivity index (χ1v) is 8.04. The molecular weight excluding hydrogens is 316 g/mol. The van der Waals surface area contributed by atoms with Crippen LogP contribution in [0.15, 0.2) is 30.3 Å². The van der Waals surface area contributed by atoms with Crippen molar-refractivity contribution in [3.8, 4) is 6.07 Å². The number of amides is 1. The SMILES string of the molecule is Cc1nc(Nc2ccc(C#N)cc2)cc(C(=O)NCCCN(C)C)n1. The topological polar surface area (TPSA) is 93.9 Å². The summed E-state index contributed by atoms with van der Waals surface area (Å²) in [5, 5.41) is 14.8. The lowest BCUT2D eigenvalue weighted by atomic mass is 10.2. The minimum atomic E-state index is -0.216. The van der Waals surface area contributed by atoms with E-state index in [4.69, 9.17) is 5.26 Å². The largest absolute Gasteiger partial charge is 0.351 e. The number of aryl methyl sites for hydroxylation is 1. The number of aromatic nitrogens is 2. The van der Waals surface area contributed by atoms with Gasteiger partial charge in [-0.05, 0) is 58.3 Å². The quantitative estimate of drug-likeness (QED) is 0.751. The fourth-order valence-electron chi connectivity index (χ4n) is 2.21. The van der Waals surface area contributed by atoms with Crippen molar-refractivity contribution < 1.29 is 4.79 Å². The number of rotatable bonds is 7. The van der Waals surface area contributed by atoms with Crippen molar-refractivity contribution in [2.75, 3.05) is 32.5 Å². The zero-order valence-electron chi connectivity index (χ0n) is 14.7. The molecule has 1 amide bonds. The van der Waals surface area contributed by atoms with Crippen LogP contribution in [0.3, 0.4) is 0 Å². The number of nitrogens with one attached hydrogen (secondary N) is 2. The monoisotopic (exact) mass is 338 g/mol. The molecule has 1 aromatic carbocycles. The van der Waals surface area contributed by atoms with E-state index in [0.717, 1.165) is 18.7 Å². The van der Waals surface area contributed by atoms with Gasteiger partial charge in [0.1, 0.15) is 17.3 Å². The van der Waals surface area contributed by atoms with Gasteiger partial charge >= 0.3 is 0 Å². The minimum absolute atomic E-state index is 0.216. The Kier molecular flexibility index (Phi) is 6.43. The van der Waals surface area contributed by atoms with Gasteiger partial charge in [-0.25, -0.2) is 9.97 Å². The molecule has 0 aliphatic rings. The maximum absolute atomic E-state index is 12.3. The first-order chi connectivity index (χ1) is 12.0. The highest BCUT2D eigenvalue weighted by Crippen LogP contribution is 2.16. The number of benzene rings is 1. The summed E-state index contributed by atoms with van der Waals surface area (Å²) in [6.07, 6.45) is 0.874. The van der Waals surface area contributed by atoms with E-state index in [-0.39, 0.29) is 5.91 Å². The van der Waals surface area contributed by atoms with E-state index in [1.807, 2.05) is 14.1 Å². The number of carbonyl (C=O) groups excluding carboxylic acids is 1. The van der Waals surface area contributed by atoms with E-state index in [0.29, 0.717) is 29.4 Å². The molecule has 0 saturated carbocycles. The molecule has 0 aliphatic heterocycles. The molecular formula is C18H22N6O. The van der Waals surface area contributed by atoms with E-state index in [1.165, 1.54) is 0 Å². The predicted molar refractivity (Wildman–Crippen MR) is 96.7 cm³/mol. The molecule has 0 aliphatic carbocycles. The number of nitriles is 1. The van der Waals surface area contributed by atoms with Gasteiger partial charge in [-0.3, -0.25) is 4.79 Å². The second-order valence-electron chi connectivity index (χ2n) is 5.91. The van der Waals surface area contributed by atoms with Crippen LogP contribution in [-0.4, -0.2) is 48.0 Å². The van der Waals surface area contributed by atoms with Crippen molar-refractivity contribution in [2.24, 2.45) is 0 Å². The van der Waals surface area contributed by atoms with Crippen LogP contribution < -0.4 is 10.6 Å². The Morgan fingerprint density at radius 2 is 1.96 bits per heavy atom. The van der Waals surface area contributed by atoms with Gasteiger partial charge in [0.2, 0.25) is 0 Å². The summed E-state index contributed by atoms with van der Waals surface area (Å²) in [6.45, 7) is 3.25. The van der Waals surface area contributed by atoms with Gasteiger partial charge in [0.05, 0.1) is 11.6 Å². The summed E-state index contributed by atoms with van der Waals surface area (Å²) < 4.78 is 0. The molecule has 0 atom stereocenters. The summed E-state index contributed by atoms with van der Waals surface area (Å²) in [4.78, 5) is 22.8. The first-order valence-electron chi connectivity index (χ1n) is 8.04. The fourth-order valence-corrected chi connectivity index (χ4v) is 2.21. The lowest BCUT2D eigenvalue weighted by Gasteiger charge is -2.11. The second kappa shape index (κ2) is 8.76. The average Bonchev–Trinajstić information content (AvgIpc) is 2.58. The van der Waals surface area contributed by atoms with Crippen molar-refractivity contribution in [1.29, 1.82) is 5.26 Å². The molecule has 0 fully saturated rings. The summed E-state index contributed by atoms with van der Waals surface area (Å²) >= 11 is 0. The predicted octanol–water partition coefficient (Wildman–Crippen LogP) is 2.08. The van der Waals surface area contributed by atoms with Gasteiger partial charge in [-0.1, -0.05) is 0 Å². The molecule has 25 heavy (non-hydrogen) atoms. The van der Waals surface area contributed by atoms with Gasteiger partial charge in [0.25, 0.3) is 5.91 Å². The van der Waals surface area contributed by atoms with E-state index < -0.39 is 0 Å². The third kappa shape index (κ3) is 5.86. The highest BCUT2D eigenvalue weighted by Gasteiger charge is 2.10. The van der Waals surface area contributed by atoms with Crippen LogP contribution in [0.1, 0.15) is 28.3 Å². The Morgan fingerprint density at radius 3 is 2.60 bits per heavy atom. The second-order valence-corrected chi connectivity index (χ2v) is 5.91. The van der Waals surface area contributed by atoms with Crippen molar-refractivity contribution in [3.63, 3.8) is 0 Å². The van der Waals surface area contributed by atoms with Gasteiger partial charge in [0, 0.05) is 18.3 Å². The van der Waals surface area contributed by atoms with Crippen LogP contribution in [-0.2, 0) is 0 Å². The van der Waals surface area contributed by atoms with Crippen LogP contribution >= 0.6 is 0 Å². The standard InChI is InChI=1S/C18H22N6O/c1-13-21-16(18(25)20-9-4-10-24(2)3)11-17(22-13)23-15-7-5-14(12-19)6-8-15/h5-8,11H,4,9-10H2,1-3H3,(H,20,25)(H,21,22,23). The lowest BCUT2D eigenvalue weighted by Crippen LogP contribution is -2.28.